The molecule has 0 radical (unpaired) electrons. The number of rotatable bonds is 0. The molecule has 0 aromatic rings. The van der Waals surface area contributed by atoms with Gasteiger partial charge in [-0.05, 0) is 24.2 Å². The summed E-state index contributed by atoms with van der Waals surface area (Å²) in [6.07, 6.45) is 18.7. The molecule has 4 aliphatic rings. The smallest absolute Gasteiger partial charge is 0.0741 e. The second kappa shape index (κ2) is 5.15. The van der Waals surface area contributed by atoms with E-state index in [0.29, 0.717) is 0 Å². The second-order valence-corrected chi connectivity index (χ2v) is 6.95. The molecule has 2 saturated carbocycles. The first kappa shape index (κ1) is 11.2. The normalized spacial score (nSPS) is 40.5. The van der Waals surface area contributed by atoms with Gasteiger partial charge in [0.25, 0.3) is 0 Å². The summed E-state index contributed by atoms with van der Waals surface area (Å²) in [4.78, 5) is 0. The van der Waals surface area contributed by atoms with E-state index in [1.165, 1.54) is 12.8 Å². The molecular weight excluding hydrogens is 191 g/mol. The van der Waals surface area contributed by atoms with Crippen LogP contribution in [0.4, 0.5) is 0 Å². The highest BCUT2D eigenvalue weighted by molar-refractivity contribution is 6.59. The van der Waals surface area contributed by atoms with Crippen LogP contribution in [0.2, 0.25) is 19.0 Å². The summed E-state index contributed by atoms with van der Waals surface area (Å²) in [6, 6.07) is 0. The van der Waals surface area contributed by atoms with Crippen molar-refractivity contribution >= 4 is 6.71 Å². The minimum atomic E-state index is 1.16. The molecule has 0 nitrogen and oxygen atoms in total. The van der Waals surface area contributed by atoms with Crippen LogP contribution in [0.3, 0.4) is 0 Å². The first-order valence-electron chi connectivity index (χ1n) is 7.90. The quantitative estimate of drug-likeness (QED) is 0.508. The lowest BCUT2D eigenvalue weighted by Crippen LogP contribution is -2.11. The largest absolute Gasteiger partial charge is 0.140 e. The Hall–Kier alpha value is 0.0649. The molecule has 0 amide bonds. The second-order valence-electron chi connectivity index (χ2n) is 6.95. The van der Waals surface area contributed by atoms with Crippen molar-refractivity contribution in [2.24, 2.45) is 17.8 Å². The third-order valence-electron chi connectivity index (χ3n) is 5.75. The van der Waals surface area contributed by atoms with E-state index in [4.69, 9.17) is 0 Å². The van der Waals surface area contributed by atoms with E-state index >= 15 is 0 Å². The summed E-state index contributed by atoms with van der Waals surface area (Å²) < 4.78 is 0. The van der Waals surface area contributed by atoms with Crippen molar-refractivity contribution in [3.8, 4) is 0 Å². The van der Waals surface area contributed by atoms with E-state index < -0.39 is 0 Å². The molecule has 2 aliphatic heterocycles. The van der Waals surface area contributed by atoms with Gasteiger partial charge >= 0.3 is 0 Å². The summed E-state index contributed by atoms with van der Waals surface area (Å²) in [5, 5.41) is 0. The van der Waals surface area contributed by atoms with Gasteiger partial charge in [0.2, 0.25) is 0 Å². The monoisotopic (exact) mass is 218 g/mol. The third kappa shape index (κ3) is 2.66. The lowest BCUT2D eigenvalue weighted by atomic mass is 9.43. The van der Waals surface area contributed by atoms with Crippen LogP contribution in [0.5, 0.6) is 0 Å². The Labute approximate surface area is 102 Å². The Morgan fingerprint density at radius 3 is 2.00 bits per heavy atom. The molecule has 4 fully saturated rings. The standard InChI is InChI=1S/C8H14.C7H13B/c1-2-7-4-5-8(3-1)6-7;1-2-7-3-5-8(4-1)6-7/h7-8H,1-6H2;7H,1-6H2. The van der Waals surface area contributed by atoms with Gasteiger partial charge in [-0.2, -0.15) is 0 Å². The van der Waals surface area contributed by atoms with E-state index in [0.717, 1.165) is 24.5 Å². The first-order valence-corrected chi connectivity index (χ1v) is 7.90. The molecule has 2 saturated heterocycles. The summed E-state index contributed by atoms with van der Waals surface area (Å²) in [5.74, 6) is 3.48. The average Bonchev–Trinajstić information content (AvgIpc) is 2.83. The van der Waals surface area contributed by atoms with Crippen molar-refractivity contribution in [2.45, 2.75) is 76.7 Å². The van der Waals surface area contributed by atoms with Crippen LogP contribution in [-0.4, -0.2) is 6.71 Å². The maximum atomic E-state index is 1.58. The van der Waals surface area contributed by atoms with E-state index in [1.807, 2.05) is 0 Å². The molecule has 90 valence electrons. The molecular formula is C15H27B. The summed E-state index contributed by atoms with van der Waals surface area (Å²) in [5.41, 5.74) is 0. The van der Waals surface area contributed by atoms with Gasteiger partial charge in [-0.1, -0.05) is 70.3 Å². The Kier molecular flexibility index (Phi) is 3.59. The molecule has 4 rings (SSSR count). The molecule has 0 N–H and O–H groups in total. The van der Waals surface area contributed by atoms with Gasteiger partial charge in [0.1, 0.15) is 6.71 Å². The Morgan fingerprint density at radius 2 is 1.38 bits per heavy atom. The van der Waals surface area contributed by atoms with Crippen LogP contribution in [0, 0.1) is 17.8 Å². The van der Waals surface area contributed by atoms with Gasteiger partial charge in [0.05, 0.1) is 0 Å². The Balaban J connectivity index is 0.000000101. The van der Waals surface area contributed by atoms with Crippen molar-refractivity contribution < 1.29 is 0 Å². The molecule has 3 unspecified atom stereocenters. The van der Waals surface area contributed by atoms with E-state index in [9.17, 15) is 0 Å². The minimum absolute atomic E-state index is 1.16. The van der Waals surface area contributed by atoms with Crippen LogP contribution >= 0.6 is 0 Å². The SMILES string of the molecule is C1CB2CCC(C1)C2.C1CC2CCC(C1)C2. The van der Waals surface area contributed by atoms with Gasteiger partial charge in [0.15, 0.2) is 0 Å². The molecule has 0 aromatic carbocycles. The zero-order valence-corrected chi connectivity index (χ0v) is 10.8. The fourth-order valence-corrected chi connectivity index (χ4v) is 4.80. The van der Waals surface area contributed by atoms with Crippen LogP contribution in [0.1, 0.15) is 57.8 Å². The van der Waals surface area contributed by atoms with Crippen molar-refractivity contribution in [2.75, 3.05) is 0 Å². The van der Waals surface area contributed by atoms with Gasteiger partial charge < -0.3 is 0 Å². The number of hydrogen-bond acceptors (Lipinski definition) is 0. The van der Waals surface area contributed by atoms with E-state index in [-0.39, 0.29) is 0 Å². The average molecular weight is 218 g/mol. The van der Waals surface area contributed by atoms with Gasteiger partial charge in [0, 0.05) is 0 Å². The molecule has 2 heterocycles. The molecule has 4 bridgehead atoms. The third-order valence-corrected chi connectivity index (χ3v) is 5.75. The molecule has 0 spiro atoms. The fraction of sp³-hybridized carbons (Fsp3) is 1.00. The Bertz CT molecular complexity index is 173. The van der Waals surface area contributed by atoms with Crippen LogP contribution in [0.15, 0.2) is 0 Å². The zero-order chi connectivity index (χ0) is 10.8. The van der Waals surface area contributed by atoms with E-state index in [1.54, 1.807) is 63.9 Å². The zero-order valence-electron chi connectivity index (χ0n) is 10.8. The molecule has 3 atom stereocenters. The number of fused-ring (bicyclic) bond motifs is 4. The van der Waals surface area contributed by atoms with Crippen LogP contribution in [-0.2, 0) is 0 Å². The highest BCUT2D eigenvalue weighted by Gasteiger charge is 2.30. The van der Waals surface area contributed by atoms with Crippen molar-refractivity contribution in [1.82, 2.24) is 0 Å². The minimum Gasteiger partial charge on any atom is -0.0741 e. The number of hydrogen-bond donors (Lipinski definition) is 0. The van der Waals surface area contributed by atoms with E-state index in [2.05, 4.69) is 0 Å². The lowest BCUT2D eigenvalue weighted by molar-refractivity contribution is 0.359. The van der Waals surface area contributed by atoms with Gasteiger partial charge in [-0.3, -0.25) is 0 Å². The maximum Gasteiger partial charge on any atom is 0.140 e. The fourth-order valence-electron chi connectivity index (χ4n) is 4.80. The maximum absolute atomic E-state index is 1.58. The van der Waals surface area contributed by atoms with Crippen molar-refractivity contribution in [3.05, 3.63) is 0 Å². The predicted molar refractivity (Wildman–Crippen MR) is 72.2 cm³/mol. The highest BCUT2D eigenvalue weighted by Crippen LogP contribution is 2.41. The summed E-state index contributed by atoms with van der Waals surface area (Å²) in [7, 11) is 0. The first-order chi connectivity index (χ1) is 7.90. The lowest BCUT2D eigenvalue weighted by Gasteiger charge is -2.16. The molecule has 0 aromatic heterocycles. The van der Waals surface area contributed by atoms with Crippen molar-refractivity contribution in [3.63, 3.8) is 0 Å². The molecule has 1 heteroatoms. The summed E-state index contributed by atoms with van der Waals surface area (Å²) in [6.45, 7) is 1.16. The summed E-state index contributed by atoms with van der Waals surface area (Å²) >= 11 is 0. The Morgan fingerprint density at radius 1 is 0.625 bits per heavy atom. The van der Waals surface area contributed by atoms with Crippen LogP contribution in [0.25, 0.3) is 0 Å². The predicted octanol–water partition coefficient (Wildman–Crippen LogP) is 4.88. The van der Waals surface area contributed by atoms with Crippen LogP contribution < -0.4 is 0 Å². The topological polar surface area (TPSA) is 0 Å². The van der Waals surface area contributed by atoms with Crippen molar-refractivity contribution in [1.29, 1.82) is 0 Å². The molecule has 16 heavy (non-hydrogen) atoms. The van der Waals surface area contributed by atoms with Gasteiger partial charge in [-0.15, -0.1) is 0 Å². The molecule has 2 aliphatic carbocycles. The van der Waals surface area contributed by atoms with Gasteiger partial charge in [-0.25, -0.2) is 0 Å². The highest BCUT2D eigenvalue weighted by atomic mass is 14.3.